The Kier molecular flexibility index (Phi) is 6.22. The van der Waals surface area contributed by atoms with Crippen LogP contribution in [0.3, 0.4) is 0 Å². The van der Waals surface area contributed by atoms with Gasteiger partial charge in [-0.3, -0.25) is 4.79 Å². The van der Waals surface area contributed by atoms with Gasteiger partial charge in [-0.25, -0.2) is 0 Å². The summed E-state index contributed by atoms with van der Waals surface area (Å²) in [4.78, 5) is 13.7. The van der Waals surface area contributed by atoms with Crippen LogP contribution >= 0.6 is 0 Å². The molecule has 4 nitrogen and oxygen atoms in total. The Morgan fingerprint density at radius 1 is 1.33 bits per heavy atom. The van der Waals surface area contributed by atoms with E-state index < -0.39 is 0 Å². The first-order valence-electron chi connectivity index (χ1n) is 6.34. The Morgan fingerprint density at radius 2 is 2.06 bits per heavy atom. The van der Waals surface area contributed by atoms with Gasteiger partial charge in [0.25, 0.3) is 0 Å². The van der Waals surface area contributed by atoms with E-state index in [-0.39, 0.29) is 18.3 Å². The van der Waals surface area contributed by atoms with E-state index in [1.165, 1.54) is 0 Å². The van der Waals surface area contributed by atoms with Crippen molar-refractivity contribution >= 4 is 5.91 Å². The zero-order chi connectivity index (χ0) is 13.4. The molecule has 0 aliphatic heterocycles. The molecule has 1 aromatic carbocycles. The van der Waals surface area contributed by atoms with Crippen LogP contribution < -0.4 is 0 Å². The van der Waals surface area contributed by atoms with Crippen molar-refractivity contribution < 1.29 is 15.0 Å². The molecule has 0 atom stereocenters. The topological polar surface area (TPSA) is 60.8 Å². The maximum atomic E-state index is 11.9. The van der Waals surface area contributed by atoms with Gasteiger partial charge < -0.3 is 15.1 Å². The van der Waals surface area contributed by atoms with Gasteiger partial charge in [0, 0.05) is 26.1 Å². The zero-order valence-electron chi connectivity index (χ0n) is 10.8. The Morgan fingerprint density at radius 3 is 2.67 bits per heavy atom. The molecule has 1 rings (SSSR count). The summed E-state index contributed by atoms with van der Waals surface area (Å²) in [5.74, 6) is 0.304. The standard InChI is InChI=1S/C14H21NO3/c1-2-15(10-5-11-16)14(18)9-8-12-6-3-4-7-13(12)17/h3-4,6-7,16-17H,2,5,8-11H2,1H3. The number of benzene rings is 1. The summed E-state index contributed by atoms with van der Waals surface area (Å²) in [5.41, 5.74) is 0.795. The quantitative estimate of drug-likeness (QED) is 0.773. The first-order valence-corrected chi connectivity index (χ1v) is 6.34. The van der Waals surface area contributed by atoms with Crippen molar-refractivity contribution in [2.75, 3.05) is 19.7 Å². The lowest BCUT2D eigenvalue weighted by Gasteiger charge is -2.20. The van der Waals surface area contributed by atoms with E-state index in [4.69, 9.17) is 5.11 Å². The van der Waals surface area contributed by atoms with Crippen LogP contribution in [-0.4, -0.2) is 40.7 Å². The van der Waals surface area contributed by atoms with Gasteiger partial charge >= 0.3 is 0 Å². The molecule has 0 aromatic heterocycles. The highest BCUT2D eigenvalue weighted by molar-refractivity contribution is 5.76. The summed E-state index contributed by atoms with van der Waals surface area (Å²) >= 11 is 0. The predicted octanol–water partition coefficient (Wildman–Crippen LogP) is 1.56. The van der Waals surface area contributed by atoms with Crippen LogP contribution in [0.15, 0.2) is 24.3 Å². The van der Waals surface area contributed by atoms with Crippen LogP contribution in [0.1, 0.15) is 25.3 Å². The molecule has 100 valence electrons. The molecule has 4 heteroatoms. The first-order chi connectivity index (χ1) is 8.69. The maximum absolute atomic E-state index is 11.9. The third-order valence-electron chi connectivity index (χ3n) is 2.92. The number of aryl methyl sites for hydroxylation is 1. The smallest absolute Gasteiger partial charge is 0.222 e. The Labute approximate surface area is 108 Å². The molecule has 0 aliphatic rings. The van der Waals surface area contributed by atoms with Crippen molar-refractivity contribution in [3.63, 3.8) is 0 Å². The number of carbonyl (C=O) groups excluding carboxylic acids is 1. The van der Waals surface area contributed by atoms with Crippen molar-refractivity contribution in [1.29, 1.82) is 0 Å². The van der Waals surface area contributed by atoms with Gasteiger partial charge in [-0.2, -0.15) is 0 Å². The fourth-order valence-electron chi connectivity index (χ4n) is 1.84. The number of hydrogen-bond donors (Lipinski definition) is 2. The largest absolute Gasteiger partial charge is 0.508 e. The fraction of sp³-hybridized carbons (Fsp3) is 0.500. The van der Waals surface area contributed by atoms with Gasteiger partial charge in [0.2, 0.25) is 5.91 Å². The van der Waals surface area contributed by atoms with Crippen LogP contribution in [-0.2, 0) is 11.2 Å². The molecule has 0 bridgehead atoms. The van der Waals surface area contributed by atoms with E-state index in [9.17, 15) is 9.90 Å². The average molecular weight is 251 g/mol. The third kappa shape index (κ3) is 4.37. The molecule has 0 saturated carbocycles. The number of rotatable bonds is 7. The highest BCUT2D eigenvalue weighted by atomic mass is 16.3. The number of nitrogens with zero attached hydrogens (tertiary/aromatic N) is 1. The van der Waals surface area contributed by atoms with E-state index >= 15 is 0 Å². The highest BCUT2D eigenvalue weighted by Crippen LogP contribution is 2.17. The maximum Gasteiger partial charge on any atom is 0.222 e. The number of aromatic hydroxyl groups is 1. The lowest BCUT2D eigenvalue weighted by atomic mass is 10.1. The Bertz CT molecular complexity index is 379. The average Bonchev–Trinajstić information content (AvgIpc) is 2.38. The van der Waals surface area contributed by atoms with Crippen LogP contribution in [0.2, 0.25) is 0 Å². The number of para-hydroxylation sites is 1. The number of carbonyl (C=O) groups is 1. The number of hydrogen-bond acceptors (Lipinski definition) is 3. The third-order valence-corrected chi connectivity index (χ3v) is 2.92. The summed E-state index contributed by atoms with van der Waals surface area (Å²) in [5, 5.41) is 18.4. The summed E-state index contributed by atoms with van der Waals surface area (Å²) in [6.07, 6.45) is 1.54. The van der Waals surface area contributed by atoms with Crippen molar-refractivity contribution in [2.45, 2.75) is 26.2 Å². The van der Waals surface area contributed by atoms with Crippen molar-refractivity contribution in [3.05, 3.63) is 29.8 Å². The van der Waals surface area contributed by atoms with Crippen molar-refractivity contribution in [1.82, 2.24) is 4.90 Å². The SMILES string of the molecule is CCN(CCCO)C(=O)CCc1ccccc1O. The summed E-state index contributed by atoms with van der Waals surface area (Å²) in [6.45, 7) is 3.27. The Hall–Kier alpha value is -1.55. The second kappa shape index (κ2) is 7.71. The number of phenolic OH excluding ortho intramolecular Hbond substituents is 1. The summed E-state index contributed by atoms with van der Waals surface area (Å²) < 4.78 is 0. The Balaban J connectivity index is 2.47. The molecule has 0 saturated heterocycles. The van der Waals surface area contributed by atoms with Crippen LogP contribution in [0.25, 0.3) is 0 Å². The predicted molar refractivity (Wildman–Crippen MR) is 70.4 cm³/mol. The zero-order valence-corrected chi connectivity index (χ0v) is 10.8. The minimum atomic E-state index is 0.0641. The number of amides is 1. The van der Waals surface area contributed by atoms with E-state index in [1.807, 2.05) is 19.1 Å². The summed E-state index contributed by atoms with van der Waals surface area (Å²) in [7, 11) is 0. The monoisotopic (exact) mass is 251 g/mol. The number of aliphatic hydroxyl groups is 1. The van der Waals surface area contributed by atoms with Gasteiger partial charge in [-0.1, -0.05) is 18.2 Å². The molecule has 18 heavy (non-hydrogen) atoms. The molecule has 1 aromatic rings. The molecular weight excluding hydrogens is 230 g/mol. The van der Waals surface area contributed by atoms with Gasteiger partial charge in [0.05, 0.1) is 0 Å². The molecule has 0 aliphatic carbocycles. The van der Waals surface area contributed by atoms with Gasteiger partial charge in [-0.15, -0.1) is 0 Å². The van der Waals surface area contributed by atoms with E-state index in [2.05, 4.69) is 0 Å². The minimum absolute atomic E-state index is 0.0641. The lowest BCUT2D eigenvalue weighted by Crippen LogP contribution is -2.32. The first kappa shape index (κ1) is 14.5. The van der Waals surface area contributed by atoms with E-state index in [0.29, 0.717) is 32.4 Å². The van der Waals surface area contributed by atoms with Crippen LogP contribution in [0, 0.1) is 0 Å². The molecule has 0 fully saturated rings. The highest BCUT2D eigenvalue weighted by Gasteiger charge is 2.11. The normalized spacial score (nSPS) is 10.3. The molecule has 0 heterocycles. The van der Waals surface area contributed by atoms with Crippen molar-refractivity contribution in [3.8, 4) is 5.75 Å². The summed E-state index contributed by atoms with van der Waals surface area (Å²) in [6, 6.07) is 7.07. The lowest BCUT2D eigenvalue weighted by molar-refractivity contribution is -0.131. The van der Waals surface area contributed by atoms with Gasteiger partial charge in [0.15, 0.2) is 0 Å². The van der Waals surface area contributed by atoms with Gasteiger partial charge in [-0.05, 0) is 31.4 Å². The number of aliphatic hydroxyl groups excluding tert-OH is 1. The molecule has 0 spiro atoms. The molecule has 1 amide bonds. The molecular formula is C14H21NO3. The van der Waals surface area contributed by atoms with E-state index in [1.54, 1.807) is 17.0 Å². The molecule has 2 N–H and O–H groups in total. The number of phenols is 1. The van der Waals surface area contributed by atoms with Crippen LogP contribution in [0.5, 0.6) is 5.75 Å². The second-order valence-corrected chi connectivity index (χ2v) is 4.18. The molecule has 0 unspecified atom stereocenters. The van der Waals surface area contributed by atoms with Crippen LogP contribution in [0.4, 0.5) is 0 Å². The minimum Gasteiger partial charge on any atom is -0.508 e. The molecule has 0 radical (unpaired) electrons. The fourth-order valence-corrected chi connectivity index (χ4v) is 1.84. The van der Waals surface area contributed by atoms with Gasteiger partial charge in [0.1, 0.15) is 5.75 Å². The van der Waals surface area contributed by atoms with E-state index in [0.717, 1.165) is 5.56 Å². The van der Waals surface area contributed by atoms with Crippen molar-refractivity contribution in [2.24, 2.45) is 0 Å². The second-order valence-electron chi connectivity index (χ2n) is 4.18.